The van der Waals surface area contributed by atoms with Gasteiger partial charge < -0.3 is 18.6 Å². The van der Waals surface area contributed by atoms with Gasteiger partial charge >= 0.3 is 5.97 Å². The van der Waals surface area contributed by atoms with E-state index in [2.05, 4.69) is 13.8 Å². The molecule has 0 amide bonds. The van der Waals surface area contributed by atoms with Gasteiger partial charge in [-0.05, 0) is 38.2 Å². The van der Waals surface area contributed by atoms with Crippen molar-refractivity contribution in [2.75, 3.05) is 6.61 Å². The predicted octanol–water partition coefficient (Wildman–Crippen LogP) is 3.45. The Morgan fingerprint density at radius 2 is 2.07 bits per heavy atom. The van der Waals surface area contributed by atoms with Crippen molar-refractivity contribution in [1.82, 2.24) is 0 Å². The third kappa shape index (κ3) is 2.11. The van der Waals surface area contributed by atoms with E-state index in [1.807, 2.05) is 6.92 Å². The maximum absolute atomic E-state index is 13.9. The van der Waals surface area contributed by atoms with Crippen molar-refractivity contribution in [2.24, 2.45) is 22.7 Å². The minimum absolute atomic E-state index is 0.0946. The van der Waals surface area contributed by atoms with Crippen LogP contribution in [-0.2, 0) is 23.8 Å². The zero-order valence-corrected chi connectivity index (χ0v) is 16.9. The molecule has 1 aromatic heterocycles. The van der Waals surface area contributed by atoms with Gasteiger partial charge in [0.1, 0.15) is 12.2 Å². The van der Waals surface area contributed by atoms with Crippen molar-refractivity contribution in [1.29, 1.82) is 0 Å². The number of fused-ring (bicyclic) bond motifs is 4. The molecule has 6 heteroatoms. The van der Waals surface area contributed by atoms with Crippen LogP contribution in [0.15, 0.2) is 23.0 Å². The van der Waals surface area contributed by atoms with Crippen molar-refractivity contribution in [3.05, 3.63) is 24.2 Å². The summed E-state index contributed by atoms with van der Waals surface area (Å²) in [6.45, 7) is 8.22. The summed E-state index contributed by atoms with van der Waals surface area (Å²) >= 11 is 0. The average Bonchev–Trinajstić information content (AvgIpc) is 2.96. The van der Waals surface area contributed by atoms with E-state index in [4.69, 9.17) is 18.6 Å². The summed E-state index contributed by atoms with van der Waals surface area (Å²) in [6, 6.07) is 1.79. The minimum atomic E-state index is -0.686. The molecular weight excluding hydrogens is 360 g/mol. The first-order valence-corrected chi connectivity index (χ1v) is 10.3. The highest BCUT2D eigenvalue weighted by molar-refractivity contribution is 5.92. The molecule has 1 spiro atoms. The van der Waals surface area contributed by atoms with Crippen LogP contribution in [0.1, 0.15) is 58.6 Å². The van der Waals surface area contributed by atoms with Crippen LogP contribution < -0.4 is 0 Å². The van der Waals surface area contributed by atoms with Gasteiger partial charge in [0.25, 0.3) is 0 Å². The van der Waals surface area contributed by atoms with Gasteiger partial charge in [0.2, 0.25) is 0 Å². The summed E-state index contributed by atoms with van der Waals surface area (Å²) in [4.78, 5) is 25.7. The first-order chi connectivity index (χ1) is 13.2. The van der Waals surface area contributed by atoms with Gasteiger partial charge in [0.15, 0.2) is 5.78 Å². The molecule has 8 atom stereocenters. The highest BCUT2D eigenvalue weighted by atomic mass is 16.6. The Morgan fingerprint density at radius 3 is 2.75 bits per heavy atom. The molecule has 4 aliphatic rings. The Morgan fingerprint density at radius 1 is 1.29 bits per heavy atom. The fourth-order valence-corrected chi connectivity index (χ4v) is 6.76. The van der Waals surface area contributed by atoms with Crippen LogP contribution in [0.3, 0.4) is 0 Å². The number of Topliss-reactive ketones (excluding diaryl/α,β-unsaturated/α-hetero) is 1. The fourth-order valence-electron chi connectivity index (χ4n) is 6.76. The molecule has 6 nitrogen and oxygen atoms in total. The van der Waals surface area contributed by atoms with Crippen LogP contribution in [-0.4, -0.2) is 36.2 Å². The van der Waals surface area contributed by atoms with Crippen molar-refractivity contribution in [3.63, 3.8) is 0 Å². The van der Waals surface area contributed by atoms with E-state index in [1.54, 1.807) is 18.6 Å². The lowest BCUT2D eigenvalue weighted by atomic mass is 9.43. The van der Waals surface area contributed by atoms with Crippen LogP contribution in [0.4, 0.5) is 0 Å². The van der Waals surface area contributed by atoms with Crippen LogP contribution >= 0.6 is 0 Å². The van der Waals surface area contributed by atoms with E-state index in [0.717, 1.165) is 24.8 Å². The van der Waals surface area contributed by atoms with Gasteiger partial charge in [-0.15, -0.1) is 0 Å². The van der Waals surface area contributed by atoms with Crippen LogP contribution in [0, 0.1) is 22.7 Å². The number of furan rings is 1. The Kier molecular flexibility index (Phi) is 3.74. The fraction of sp³-hybridized carbons (Fsp3) is 0.727. The molecule has 0 N–H and O–H groups in total. The lowest BCUT2D eigenvalue weighted by molar-refractivity contribution is -0.188. The zero-order valence-electron chi connectivity index (χ0n) is 16.9. The van der Waals surface area contributed by atoms with E-state index in [-0.39, 0.29) is 46.8 Å². The second-order valence-electron chi connectivity index (χ2n) is 9.55. The SMILES string of the molecule is CC(=O)OC1CC2(C)C(CCC3OC32C)C2(COC(c3ccoc3)C2=O)C1C. The number of esters is 1. The van der Waals surface area contributed by atoms with Gasteiger partial charge in [-0.1, -0.05) is 13.8 Å². The smallest absolute Gasteiger partial charge is 0.302 e. The molecule has 5 rings (SSSR count). The highest BCUT2D eigenvalue weighted by Crippen LogP contribution is 2.71. The maximum Gasteiger partial charge on any atom is 0.302 e. The van der Waals surface area contributed by atoms with Crippen LogP contribution in [0.2, 0.25) is 0 Å². The van der Waals surface area contributed by atoms with Gasteiger partial charge in [-0.2, -0.15) is 0 Å². The van der Waals surface area contributed by atoms with E-state index < -0.39 is 11.5 Å². The summed E-state index contributed by atoms with van der Waals surface area (Å²) in [5.41, 5.74) is -0.440. The monoisotopic (exact) mass is 388 g/mol. The molecule has 3 heterocycles. The quantitative estimate of drug-likeness (QED) is 0.570. The molecule has 2 aliphatic heterocycles. The second-order valence-corrected chi connectivity index (χ2v) is 9.55. The average molecular weight is 388 g/mol. The molecule has 4 fully saturated rings. The molecule has 1 aromatic rings. The van der Waals surface area contributed by atoms with Crippen molar-refractivity contribution in [2.45, 2.75) is 70.9 Å². The van der Waals surface area contributed by atoms with Gasteiger partial charge in [-0.25, -0.2) is 0 Å². The molecule has 2 saturated heterocycles. The van der Waals surface area contributed by atoms with Crippen LogP contribution in [0.25, 0.3) is 0 Å². The first kappa shape index (κ1) is 18.4. The summed E-state index contributed by atoms with van der Waals surface area (Å²) in [7, 11) is 0. The van der Waals surface area contributed by atoms with Gasteiger partial charge in [0.05, 0.1) is 36.3 Å². The van der Waals surface area contributed by atoms with E-state index >= 15 is 0 Å². The molecule has 2 saturated carbocycles. The Hall–Kier alpha value is -1.66. The standard InChI is InChI=1S/C22H28O6/c1-12-15(27-13(2)23)9-20(3)16(5-6-17-21(20,4)28-17)22(12)11-26-18(19(22)24)14-7-8-25-10-14/h7-8,10,12,15-18H,5-6,9,11H2,1-4H3. The molecule has 0 aromatic carbocycles. The summed E-state index contributed by atoms with van der Waals surface area (Å²) < 4.78 is 23.2. The van der Waals surface area contributed by atoms with E-state index in [0.29, 0.717) is 6.61 Å². The topological polar surface area (TPSA) is 78.3 Å². The molecule has 28 heavy (non-hydrogen) atoms. The summed E-state index contributed by atoms with van der Waals surface area (Å²) in [5, 5.41) is 0. The van der Waals surface area contributed by atoms with Crippen molar-refractivity contribution >= 4 is 11.8 Å². The van der Waals surface area contributed by atoms with Crippen molar-refractivity contribution < 1.29 is 28.2 Å². The Labute approximate surface area is 164 Å². The second kappa shape index (κ2) is 5.70. The largest absolute Gasteiger partial charge is 0.472 e. The maximum atomic E-state index is 13.9. The van der Waals surface area contributed by atoms with Crippen molar-refractivity contribution in [3.8, 4) is 0 Å². The lowest BCUT2D eigenvalue weighted by Gasteiger charge is -2.59. The molecule has 8 unspecified atom stereocenters. The molecule has 0 bridgehead atoms. The number of hydrogen-bond acceptors (Lipinski definition) is 6. The number of ketones is 1. The zero-order chi connectivity index (χ0) is 19.9. The number of rotatable bonds is 2. The van der Waals surface area contributed by atoms with Gasteiger partial charge in [0, 0.05) is 23.8 Å². The predicted molar refractivity (Wildman–Crippen MR) is 98.3 cm³/mol. The summed E-state index contributed by atoms with van der Waals surface area (Å²) in [5.74, 6) is -0.189. The normalized spacial score (nSPS) is 49.6. The number of carbonyl (C=O) groups excluding carboxylic acids is 2. The molecule has 0 radical (unpaired) electrons. The third-order valence-electron chi connectivity index (χ3n) is 8.53. The van der Waals surface area contributed by atoms with Gasteiger partial charge in [-0.3, -0.25) is 9.59 Å². The molecular formula is C22H28O6. The number of ether oxygens (including phenoxy) is 3. The number of epoxide rings is 1. The minimum Gasteiger partial charge on any atom is -0.472 e. The Bertz CT molecular complexity index is 817. The first-order valence-electron chi connectivity index (χ1n) is 10.3. The number of carbonyl (C=O) groups is 2. The van der Waals surface area contributed by atoms with E-state index in [9.17, 15) is 9.59 Å². The van der Waals surface area contributed by atoms with E-state index in [1.165, 1.54) is 6.92 Å². The summed E-state index contributed by atoms with van der Waals surface area (Å²) in [6.07, 6.45) is 5.06. The van der Waals surface area contributed by atoms with Crippen LogP contribution in [0.5, 0.6) is 0 Å². The molecule has 2 aliphatic carbocycles. The third-order valence-corrected chi connectivity index (χ3v) is 8.53. The number of hydrogen-bond donors (Lipinski definition) is 0. The molecule has 152 valence electrons. The Balaban J connectivity index is 1.60. The highest BCUT2D eigenvalue weighted by Gasteiger charge is 2.76. The lowest BCUT2D eigenvalue weighted by Crippen LogP contribution is -2.64.